The molecule has 7 heteroatoms. The van der Waals surface area contributed by atoms with Crippen molar-refractivity contribution >= 4 is 29.2 Å². The van der Waals surface area contributed by atoms with Crippen molar-refractivity contribution in [3.05, 3.63) is 59.7 Å². The van der Waals surface area contributed by atoms with Crippen LogP contribution in [0.15, 0.2) is 48.5 Å². The van der Waals surface area contributed by atoms with Gasteiger partial charge >= 0.3 is 6.03 Å². The summed E-state index contributed by atoms with van der Waals surface area (Å²) in [6.45, 7) is 5.82. The molecule has 4 amide bonds. The standard InChI is InChI=1S/C21H26N4O3/c1-13(2)11-18(25-19(26)17-10-5-4-7-14(17)3)20(27)23-15-8-6-9-16(12-15)24-21(22)28/h4-10,12-13,18H,11H2,1-3H3,(H,23,27)(H,25,26)(H3,22,24,28). The Labute approximate surface area is 164 Å². The Morgan fingerprint density at radius 3 is 2.21 bits per heavy atom. The minimum absolute atomic E-state index is 0.204. The molecule has 28 heavy (non-hydrogen) atoms. The zero-order valence-corrected chi connectivity index (χ0v) is 16.3. The molecule has 5 N–H and O–H groups in total. The maximum absolute atomic E-state index is 12.8. The molecular formula is C21H26N4O3. The van der Waals surface area contributed by atoms with Crippen LogP contribution < -0.4 is 21.7 Å². The number of carbonyl (C=O) groups excluding carboxylic acids is 3. The number of nitrogens with one attached hydrogen (secondary N) is 3. The van der Waals surface area contributed by atoms with Gasteiger partial charge in [0.1, 0.15) is 6.04 Å². The quantitative estimate of drug-likeness (QED) is 0.589. The number of aryl methyl sites for hydroxylation is 1. The van der Waals surface area contributed by atoms with Gasteiger partial charge in [0.05, 0.1) is 0 Å². The van der Waals surface area contributed by atoms with Crippen LogP contribution in [0.4, 0.5) is 16.2 Å². The predicted octanol–water partition coefficient (Wildman–Crippen LogP) is 3.27. The summed E-state index contributed by atoms with van der Waals surface area (Å²) in [6.07, 6.45) is 0.489. The van der Waals surface area contributed by atoms with Crippen LogP contribution in [0.3, 0.4) is 0 Å². The number of carbonyl (C=O) groups is 3. The highest BCUT2D eigenvalue weighted by molar-refractivity contribution is 6.02. The highest BCUT2D eigenvalue weighted by Gasteiger charge is 2.23. The van der Waals surface area contributed by atoms with Crippen molar-refractivity contribution in [3.63, 3.8) is 0 Å². The second kappa shape index (κ2) is 9.55. The van der Waals surface area contributed by atoms with Crippen molar-refractivity contribution < 1.29 is 14.4 Å². The summed E-state index contributed by atoms with van der Waals surface area (Å²) in [5, 5.41) is 8.08. The molecular weight excluding hydrogens is 356 g/mol. The van der Waals surface area contributed by atoms with Gasteiger partial charge in [-0.3, -0.25) is 9.59 Å². The number of nitrogens with two attached hydrogens (primary N) is 1. The van der Waals surface area contributed by atoms with Gasteiger partial charge in [-0.15, -0.1) is 0 Å². The fraction of sp³-hybridized carbons (Fsp3) is 0.286. The van der Waals surface area contributed by atoms with E-state index in [-0.39, 0.29) is 17.7 Å². The van der Waals surface area contributed by atoms with Gasteiger partial charge in [-0.1, -0.05) is 38.1 Å². The molecule has 0 saturated carbocycles. The van der Waals surface area contributed by atoms with Gasteiger partial charge in [0, 0.05) is 16.9 Å². The molecule has 0 spiro atoms. The maximum Gasteiger partial charge on any atom is 0.316 e. The van der Waals surface area contributed by atoms with E-state index >= 15 is 0 Å². The Morgan fingerprint density at radius 2 is 1.61 bits per heavy atom. The Morgan fingerprint density at radius 1 is 0.964 bits per heavy atom. The van der Waals surface area contributed by atoms with Crippen molar-refractivity contribution in [1.82, 2.24) is 5.32 Å². The SMILES string of the molecule is Cc1ccccc1C(=O)NC(CC(C)C)C(=O)Nc1cccc(NC(N)=O)c1. The largest absolute Gasteiger partial charge is 0.351 e. The summed E-state index contributed by atoms with van der Waals surface area (Å²) < 4.78 is 0. The smallest absolute Gasteiger partial charge is 0.316 e. The van der Waals surface area contributed by atoms with Gasteiger partial charge < -0.3 is 21.7 Å². The summed E-state index contributed by atoms with van der Waals surface area (Å²) in [5.74, 6) is -0.411. The summed E-state index contributed by atoms with van der Waals surface area (Å²) in [4.78, 5) is 36.4. The van der Waals surface area contributed by atoms with E-state index < -0.39 is 12.1 Å². The van der Waals surface area contributed by atoms with E-state index in [9.17, 15) is 14.4 Å². The lowest BCUT2D eigenvalue weighted by Crippen LogP contribution is -2.44. The first-order valence-corrected chi connectivity index (χ1v) is 9.10. The van der Waals surface area contributed by atoms with Crippen LogP contribution in [0.2, 0.25) is 0 Å². The number of urea groups is 1. The van der Waals surface area contributed by atoms with Crippen LogP contribution in [0.1, 0.15) is 36.2 Å². The molecule has 0 aromatic heterocycles. The summed E-state index contributed by atoms with van der Waals surface area (Å²) >= 11 is 0. The average molecular weight is 382 g/mol. The summed E-state index contributed by atoms with van der Waals surface area (Å²) in [7, 11) is 0. The number of benzene rings is 2. The molecule has 2 aromatic carbocycles. The first-order chi connectivity index (χ1) is 13.3. The third kappa shape index (κ3) is 6.12. The van der Waals surface area contributed by atoms with Gasteiger partial charge in [0.2, 0.25) is 5.91 Å². The second-order valence-corrected chi connectivity index (χ2v) is 7.03. The molecule has 0 radical (unpaired) electrons. The molecule has 0 fully saturated rings. The molecule has 0 aliphatic rings. The zero-order chi connectivity index (χ0) is 20.7. The molecule has 1 unspecified atom stereocenters. The highest BCUT2D eigenvalue weighted by Crippen LogP contribution is 2.17. The maximum atomic E-state index is 12.8. The van der Waals surface area contributed by atoms with Crippen molar-refractivity contribution in [2.75, 3.05) is 10.6 Å². The second-order valence-electron chi connectivity index (χ2n) is 7.03. The summed E-state index contributed by atoms with van der Waals surface area (Å²) in [6, 6.07) is 12.5. The van der Waals surface area contributed by atoms with Gasteiger partial charge in [0.25, 0.3) is 5.91 Å². The molecule has 7 nitrogen and oxygen atoms in total. The Kier molecular flexibility index (Phi) is 7.14. The van der Waals surface area contributed by atoms with E-state index in [2.05, 4.69) is 16.0 Å². The van der Waals surface area contributed by atoms with E-state index in [1.54, 1.807) is 36.4 Å². The molecule has 148 valence electrons. The normalized spacial score (nSPS) is 11.6. The fourth-order valence-electron chi connectivity index (χ4n) is 2.81. The number of hydrogen-bond acceptors (Lipinski definition) is 3. The van der Waals surface area contributed by atoms with Crippen molar-refractivity contribution in [2.45, 2.75) is 33.2 Å². The van der Waals surface area contributed by atoms with E-state index in [0.29, 0.717) is 23.4 Å². The first kappa shape index (κ1) is 21.0. The van der Waals surface area contributed by atoms with Crippen molar-refractivity contribution in [2.24, 2.45) is 11.7 Å². The van der Waals surface area contributed by atoms with Crippen LogP contribution in [0.25, 0.3) is 0 Å². The van der Waals surface area contributed by atoms with Crippen LogP contribution >= 0.6 is 0 Å². The highest BCUT2D eigenvalue weighted by atomic mass is 16.2. The monoisotopic (exact) mass is 382 g/mol. The average Bonchev–Trinajstić information content (AvgIpc) is 2.60. The van der Waals surface area contributed by atoms with Gasteiger partial charge in [-0.2, -0.15) is 0 Å². The Hall–Kier alpha value is -3.35. The summed E-state index contributed by atoms with van der Waals surface area (Å²) in [5.41, 5.74) is 7.46. The van der Waals surface area contributed by atoms with E-state index in [0.717, 1.165) is 5.56 Å². The minimum Gasteiger partial charge on any atom is -0.351 e. The minimum atomic E-state index is -0.695. The van der Waals surface area contributed by atoms with Gasteiger partial charge in [-0.05, 0) is 49.1 Å². The number of hydrogen-bond donors (Lipinski definition) is 4. The lowest BCUT2D eigenvalue weighted by molar-refractivity contribution is -0.118. The van der Waals surface area contributed by atoms with Crippen LogP contribution in [-0.4, -0.2) is 23.9 Å². The Bertz CT molecular complexity index is 864. The molecule has 2 aromatic rings. The molecule has 0 saturated heterocycles. The lowest BCUT2D eigenvalue weighted by Gasteiger charge is -2.21. The van der Waals surface area contributed by atoms with Gasteiger partial charge in [-0.25, -0.2) is 4.79 Å². The predicted molar refractivity (Wildman–Crippen MR) is 110 cm³/mol. The zero-order valence-electron chi connectivity index (χ0n) is 16.3. The number of amides is 4. The number of anilines is 2. The van der Waals surface area contributed by atoms with Crippen LogP contribution in [0.5, 0.6) is 0 Å². The molecule has 2 rings (SSSR count). The lowest BCUT2D eigenvalue weighted by atomic mass is 10.0. The molecule has 0 heterocycles. The first-order valence-electron chi connectivity index (χ1n) is 9.10. The molecule has 1 atom stereocenters. The number of rotatable bonds is 7. The fourth-order valence-corrected chi connectivity index (χ4v) is 2.81. The van der Waals surface area contributed by atoms with Crippen LogP contribution in [0, 0.1) is 12.8 Å². The molecule has 0 aliphatic heterocycles. The van der Waals surface area contributed by atoms with Crippen LogP contribution in [-0.2, 0) is 4.79 Å². The van der Waals surface area contributed by atoms with Crippen molar-refractivity contribution in [1.29, 1.82) is 0 Å². The van der Waals surface area contributed by atoms with Gasteiger partial charge in [0.15, 0.2) is 0 Å². The van der Waals surface area contributed by atoms with E-state index in [1.165, 1.54) is 0 Å². The van der Waals surface area contributed by atoms with E-state index in [1.807, 2.05) is 32.9 Å². The number of primary amides is 1. The Balaban J connectivity index is 2.14. The van der Waals surface area contributed by atoms with E-state index in [4.69, 9.17) is 5.73 Å². The topological polar surface area (TPSA) is 113 Å². The molecule has 0 bridgehead atoms. The van der Waals surface area contributed by atoms with Crippen molar-refractivity contribution in [3.8, 4) is 0 Å². The third-order valence-corrected chi connectivity index (χ3v) is 4.12. The molecule has 0 aliphatic carbocycles. The third-order valence-electron chi connectivity index (χ3n) is 4.12.